The molecule has 0 radical (unpaired) electrons. The van der Waals surface area contributed by atoms with Gasteiger partial charge in [0.25, 0.3) is 0 Å². The molecular formula is C22H30N2O3. The van der Waals surface area contributed by atoms with Crippen LogP contribution in [0.4, 0.5) is 5.69 Å². The van der Waals surface area contributed by atoms with Gasteiger partial charge in [-0.05, 0) is 41.9 Å². The Labute approximate surface area is 160 Å². The van der Waals surface area contributed by atoms with Crippen molar-refractivity contribution in [2.75, 3.05) is 5.32 Å². The molecule has 1 aliphatic carbocycles. The van der Waals surface area contributed by atoms with Crippen LogP contribution >= 0.6 is 0 Å². The summed E-state index contributed by atoms with van der Waals surface area (Å²) in [4.78, 5) is 23.3. The predicted octanol–water partition coefficient (Wildman–Crippen LogP) is 4.45. The minimum Gasteiger partial charge on any atom is -0.423 e. The zero-order chi connectivity index (χ0) is 19.6. The molecule has 2 atom stereocenters. The number of carbonyl (C=O) groups excluding carboxylic acids is 1. The molecule has 2 unspecified atom stereocenters. The number of fused-ring (bicyclic) bond motifs is 1. The first-order valence-electron chi connectivity index (χ1n) is 9.82. The van der Waals surface area contributed by atoms with Crippen LogP contribution in [0.3, 0.4) is 0 Å². The van der Waals surface area contributed by atoms with Gasteiger partial charge in [0, 0.05) is 42.7 Å². The van der Waals surface area contributed by atoms with Crippen LogP contribution in [0.5, 0.6) is 0 Å². The van der Waals surface area contributed by atoms with E-state index in [0.29, 0.717) is 29.8 Å². The Balaban J connectivity index is 1.84. The molecule has 1 aromatic heterocycles. The number of amides is 1. The Kier molecular flexibility index (Phi) is 5.70. The Morgan fingerprint density at radius 3 is 2.63 bits per heavy atom. The highest BCUT2D eigenvalue weighted by Gasteiger charge is 2.33. The van der Waals surface area contributed by atoms with Crippen LogP contribution in [-0.4, -0.2) is 11.9 Å². The van der Waals surface area contributed by atoms with Crippen molar-refractivity contribution in [2.45, 2.75) is 66.0 Å². The summed E-state index contributed by atoms with van der Waals surface area (Å²) >= 11 is 0. The topological polar surface area (TPSA) is 71.3 Å². The van der Waals surface area contributed by atoms with Gasteiger partial charge in [0.2, 0.25) is 5.91 Å². The van der Waals surface area contributed by atoms with Gasteiger partial charge in [0.1, 0.15) is 5.58 Å². The van der Waals surface area contributed by atoms with Crippen LogP contribution in [-0.2, 0) is 11.3 Å². The average Bonchev–Trinajstić information content (AvgIpc) is 2.58. The summed E-state index contributed by atoms with van der Waals surface area (Å²) in [6.45, 7) is 9.03. The van der Waals surface area contributed by atoms with Crippen molar-refractivity contribution in [1.29, 1.82) is 0 Å². The van der Waals surface area contributed by atoms with E-state index in [1.54, 1.807) is 12.1 Å². The third kappa shape index (κ3) is 4.78. The van der Waals surface area contributed by atoms with Crippen molar-refractivity contribution in [1.82, 2.24) is 5.32 Å². The summed E-state index contributed by atoms with van der Waals surface area (Å²) in [7, 11) is 0. The summed E-state index contributed by atoms with van der Waals surface area (Å²) in [6, 6.07) is 7.48. The van der Waals surface area contributed by atoms with E-state index < -0.39 is 0 Å². The van der Waals surface area contributed by atoms with Crippen LogP contribution in [0.15, 0.2) is 33.5 Å². The molecule has 1 amide bonds. The Morgan fingerprint density at radius 1 is 1.19 bits per heavy atom. The largest absolute Gasteiger partial charge is 0.423 e. The highest BCUT2D eigenvalue weighted by atomic mass is 16.4. The van der Waals surface area contributed by atoms with Gasteiger partial charge >= 0.3 is 5.63 Å². The lowest BCUT2D eigenvalue weighted by molar-refractivity contribution is -0.114. The summed E-state index contributed by atoms with van der Waals surface area (Å²) in [5.41, 5.74) is 1.97. The predicted molar refractivity (Wildman–Crippen MR) is 109 cm³/mol. The van der Waals surface area contributed by atoms with Gasteiger partial charge in [-0.3, -0.25) is 4.79 Å². The molecule has 0 aliphatic heterocycles. The van der Waals surface area contributed by atoms with E-state index >= 15 is 0 Å². The molecular weight excluding hydrogens is 340 g/mol. The molecule has 1 fully saturated rings. The van der Waals surface area contributed by atoms with Crippen molar-refractivity contribution in [3.05, 3.63) is 40.2 Å². The third-order valence-electron chi connectivity index (χ3n) is 5.58. The van der Waals surface area contributed by atoms with Gasteiger partial charge in [0.05, 0.1) is 0 Å². The average molecular weight is 370 g/mol. The molecule has 5 heteroatoms. The molecule has 1 aromatic carbocycles. The quantitative estimate of drug-likeness (QED) is 0.780. The molecule has 1 saturated carbocycles. The van der Waals surface area contributed by atoms with Gasteiger partial charge in [-0.25, -0.2) is 4.79 Å². The fourth-order valence-corrected chi connectivity index (χ4v) is 4.31. The van der Waals surface area contributed by atoms with E-state index in [0.717, 1.165) is 10.9 Å². The van der Waals surface area contributed by atoms with Crippen LogP contribution in [0.2, 0.25) is 0 Å². The first kappa shape index (κ1) is 19.6. The fraction of sp³-hybridized carbons (Fsp3) is 0.545. The van der Waals surface area contributed by atoms with Gasteiger partial charge in [0.15, 0.2) is 0 Å². The van der Waals surface area contributed by atoms with Crippen LogP contribution in [0.1, 0.15) is 58.9 Å². The molecule has 3 rings (SSSR count). The maximum absolute atomic E-state index is 12.0. The SMILES string of the molecule is CC(=O)Nc1ccc2c(CNC3CCCCC3C(C)(C)C)cc(=O)oc2c1. The van der Waals surface area contributed by atoms with Crippen molar-refractivity contribution >= 4 is 22.6 Å². The number of rotatable bonds is 4. The molecule has 27 heavy (non-hydrogen) atoms. The van der Waals surface area contributed by atoms with Crippen LogP contribution in [0.25, 0.3) is 11.0 Å². The molecule has 1 aliphatic rings. The molecule has 2 aromatic rings. The Bertz CT molecular complexity index is 879. The number of anilines is 1. The van der Waals surface area contributed by atoms with E-state index in [4.69, 9.17) is 4.42 Å². The van der Waals surface area contributed by atoms with Crippen molar-refractivity contribution in [3.63, 3.8) is 0 Å². The number of nitrogens with one attached hydrogen (secondary N) is 2. The van der Waals surface area contributed by atoms with E-state index in [1.807, 2.05) is 12.1 Å². The molecule has 146 valence electrons. The number of carbonyl (C=O) groups is 1. The highest BCUT2D eigenvalue weighted by molar-refractivity contribution is 5.92. The standard InChI is InChI=1S/C22H30N2O3/c1-14(25)24-16-9-10-17-15(11-21(26)27-20(17)12-16)13-23-19-8-6-5-7-18(19)22(2,3)4/h9-12,18-19,23H,5-8,13H2,1-4H3,(H,24,25). The molecule has 5 nitrogen and oxygen atoms in total. The maximum atomic E-state index is 12.0. The maximum Gasteiger partial charge on any atom is 0.336 e. The Morgan fingerprint density at radius 2 is 1.93 bits per heavy atom. The first-order chi connectivity index (χ1) is 12.7. The normalized spacial score (nSPS) is 20.6. The molecule has 2 N–H and O–H groups in total. The van der Waals surface area contributed by atoms with E-state index in [-0.39, 0.29) is 16.9 Å². The van der Waals surface area contributed by atoms with Crippen LogP contribution in [0, 0.1) is 11.3 Å². The third-order valence-corrected chi connectivity index (χ3v) is 5.58. The number of benzene rings is 1. The molecule has 1 heterocycles. The minimum atomic E-state index is -0.365. The van der Waals surface area contributed by atoms with Gasteiger partial charge < -0.3 is 15.1 Å². The lowest BCUT2D eigenvalue weighted by Crippen LogP contribution is -2.44. The second-order valence-electron chi connectivity index (χ2n) is 8.73. The number of hydrogen-bond acceptors (Lipinski definition) is 4. The lowest BCUT2D eigenvalue weighted by Gasteiger charge is -2.41. The van der Waals surface area contributed by atoms with E-state index in [1.165, 1.54) is 32.6 Å². The van der Waals surface area contributed by atoms with Gasteiger partial charge in [-0.2, -0.15) is 0 Å². The molecule has 0 spiro atoms. The van der Waals surface area contributed by atoms with E-state index in [2.05, 4.69) is 31.4 Å². The number of hydrogen-bond donors (Lipinski definition) is 2. The second-order valence-corrected chi connectivity index (χ2v) is 8.73. The van der Waals surface area contributed by atoms with Gasteiger partial charge in [-0.15, -0.1) is 0 Å². The second kappa shape index (κ2) is 7.85. The molecule has 0 bridgehead atoms. The van der Waals surface area contributed by atoms with Crippen molar-refractivity contribution < 1.29 is 9.21 Å². The van der Waals surface area contributed by atoms with E-state index in [9.17, 15) is 9.59 Å². The van der Waals surface area contributed by atoms with Gasteiger partial charge in [-0.1, -0.05) is 33.6 Å². The summed E-state index contributed by atoms with van der Waals surface area (Å²) in [5, 5.41) is 7.34. The summed E-state index contributed by atoms with van der Waals surface area (Å²) in [6.07, 6.45) is 4.97. The minimum absolute atomic E-state index is 0.153. The first-order valence-corrected chi connectivity index (χ1v) is 9.82. The smallest absolute Gasteiger partial charge is 0.336 e. The lowest BCUT2D eigenvalue weighted by atomic mass is 9.69. The monoisotopic (exact) mass is 370 g/mol. The summed E-state index contributed by atoms with van der Waals surface area (Å²) < 4.78 is 5.36. The van der Waals surface area contributed by atoms with Crippen LogP contribution < -0.4 is 16.3 Å². The zero-order valence-corrected chi connectivity index (χ0v) is 16.7. The fourth-order valence-electron chi connectivity index (χ4n) is 4.31. The highest BCUT2D eigenvalue weighted by Crippen LogP contribution is 2.38. The van der Waals surface area contributed by atoms with Crippen molar-refractivity contribution in [3.8, 4) is 0 Å². The zero-order valence-electron chi connectivity index (χ0n) is 16.7. The summed E-state index contributed by atoms with van der Waals surface area (Å²) in [5.74, 6) is 0.476. The van der Waals surface area contributed by atoms with Crippen molar-refractivity contribution in [2.24, 2.45) is 11.3 Å². The Hall–Kier alpha value is -2.14. The molecule has 0 saturated heterocycles.